The van der Waals surface area contributed by atoms with E-state index in [0.717, 1.165) is 12.1 Å². The van der Waals surface area contributed by atoms with Gasteiger partial charge in [0.15, 0.2) is 31.4 Å². The van der Waals surface area contributed by atoms with Crippen molar-refractivity contribution in [1.82, 2.24) is 0 Å². The first-order valence-corrected chi connectivity index (χ1v) is 22.5. The monoisotopic (exact) mass is 880 g/mol. The van der Waals surface area contributed by atoms with Crippen molar-refractivity contribution >= 4 is 44.3 Å². The Kier molecular flexibility index (Phi) is 13.2. The predicted molar refractivity (Wildman–Crippen MR) is 206 cm³/mol. The van der Waals surface area contributed by atoms with Crippen molar-refractivity contribution in [2.75, 3.05) is 6.61 Å². The van der Waals surface area contributed by atoms with E-state index in [9.17, 15) is 58.5 Å². The fourth-order valence-corrected chi connectivity index (χ4v) is 12.9. The van der Waals surface area contributed by atoms with Crippen LogP contribution in [0, 0.1) is 69.6 Å². The highest BCUT2D eigenvalue weighted by Crippen LogP contribution is 2.66. The number of Topliss-reactive ketones (excluding diaryl/α,β-unsaturated/α-hetero) is 3. The van der Waals surface area contributed by atoms with Crippen molar-refractivity contribution in [1.29, 1.82) is 0 Å². The van der Waals surface area contributed by atoms with Crippen LogP contribution in [0.15, 0.2) is 81.4 Å². The Morgan fingerprint density at radius 2 is 1.42 bits per heavy atom. The minimum absolute atomic E-state index is 0.00854. The van der Waals surface area contributed by atoms with Crippen molar-refractivity contribution in [3.63, 3.8) is 0 Å². The van der Waals surface area contributed by atoms with E-state index in [1.807, 2.05) is 13.8 Å². The molecule has 0 N–H and O–H groups in total. The SMILES string of the molecule is C[C@H](CCC(=O)OCC(F)(F)S(=O)(=O)[O-])[C@H]1CCC2C3C(=O)CC4CC(=O)CC[C@]4(C)C3CC(=O)[C@@]21C.Fc1cc(F)cc([S+](c2ccccc2)c2cc(F)cc(F)c2)c1. The number of carbonyl (C=O) groups excluding carboxylic acids is 4. The maximum Gasteiger partial charge on any atom is 0.367 e. The van der Waals surface area contributed by atoms with E-state index in [0.29, 0.717) is 59.6 Å². The van der Waals surface area contributed by atoms with Gasteiger partial charge in [-0.2, -0.15) is 8.78 Å². The summed E-state index contributed by atoms with van der Waals surface area (Å²) in [6.07, 6.45) is 3.66. The van der Waals surface area contributed by atoms with Crippen LogP contribution in [0.1, 0.15) is 78.6 Å². The molecular formula is C44H46F6O8S2. The number of ketones is 3. The number of hydrogen-bond acceptors (Lipinski definition) is 8. The van der Waals surface area contributed by atoms with Gasteiger partial charge in [-0.1, -0.05) is 39.0 Å². The topological polar surface area (TPSA) is 135 Å². The average molecular weight is 881 g/mol. The highest BCUT2D eigenvalue weighted by Gasteiger charge is 2.66. The molecule has 8 nitrogen and oxygen atoms in total. The summed E-state index contributed by atoms with van der Waals surface area (Å²) in [6, 6.07) is 15.1. The van der Waals surface area contributed by atoms with Gasteiger partial charge in [0.1, 0.15) is 40.6 Å². The van der Waals surface area contributed by atoms with Crippen LogP contribution in [0.25, 0.3) is 0 Å². The molecule has 0 radical (unpaired) electrons. The molecule has 0 aromatic heterocycles. The van der Waals surface area contributed by atoms with Crippen LogP contribution in [0.2, 0.25) is 0 Å². The molecule has 8 atom stereocenters. The first kappa shape index (κ1) is 45.5. The second kappa shape index (κ2) is 17.4. The second-order valence-electron chi connectivity index (χ2n) is 17.0. The summed E-state index contributed by atoms with van der Waals surface area (Å²) in [7, 11) is -6.96. The predicted octanol–water partition coefficient (Wildman–Crippen LogP) is 9.01. The maximum absolute atomic E-state index is 13.8. The molecule has 4 unspecified atom stereocenters. The lowest BCUT2D eigenvalue weighted by atomic mass is 9.44. The molecule has 0 saturated heterocycles. The van der Waals surface area contributed by atoms with Gasteiger partial charge in [-0.05, 0) is 72.8 Å². The van der Waals surface area contributed by atoms with Crippen LogP contribution in [-0.2, 0) is 44.9 Å². The summed E-state index contributed by atoms with van der Waals surface area (Å²) in [4.78, 5) is 52.6. The minimum atomic E-state index is -5.94. The molecule has 0 spiro atoms. The highest BCUT2D eigenvalue weighted by molar-refractivity contribution is 7.97. The number of ether oxygens (including phenoxy) is 1. The quantitative estimate of drug-likeness (QED) is 0.0853. The third-order valence-electron chi connectivity index (χ3n) is 13.6. The molecular weight excluding hydrogens is 835 g/mol. The Morgan fingerprint density at radius 1 is 0.850 bits per heavy atom. The fourth-order valence-electron chi connectivity index (χ4n) is 10.5. The molecule has 16 heteroatoms. The van der Waals surface area contributed by atoms with Crippen molar-refractivity contribution in [2.45, 2.75) is 98.5 Å². The Hall–Kier alpha value is -4.02. The molecule has 0 amide bonds. The van der Waals surface area contributed by atoms with E-state index in [4.69, 9.17) is 0 Å². The number of hydrogen-bond donors (Lipinski definition) is 0. The highest BCUT2D eigenvalue weighted by atomic mass is 32.2. The Bertz CT molecular complexity index is 2170. The summed E-state index contributed by atoms with van der Waals surface area (Å²) in [6.45, 7) is 4.12. The Balaban J connectivity index is 0.000000224. The van der Waals surface area contributed by atoms with Crippen LogP contribution in [0.4, 0.5) is 26.3 Å². The standard InChI is InChI=1S/C26H36F2O8S.C18H11F4S/c1-14(4-7-22(32)36-13-26(27,28)37(33,34)35)17-5-6-18-23-19(12-21(31)25(17,18)3)24(2)9-8-16(29)10-15(24)11-20(23)30;19-12-6-13(20)9-17(8-12)23(16-4-2-1-3-5-16)18-10-14(21)7-15(22)11-18/h14-15,17-19,23H,4-13H2,1-3H3,(H,33,34,35);1-11H/q;+1/p-1/t14-,15?,17-,18?,19?,23?,24+,25-;/m1./s1. The lowest BCUT2D eigenvalue weighted by molar-refractivity contribution is -0.166. The van der Waals surface area contributed by atoms with Gasteiger partial charge in [-0.3, -0.25) is 19.2 Å². The van der Waals surface area contributed by atoms with E-state index in [-0.39, 0.29) is 71.1 Å². The summed E-state index contributed by atoms with van der Waals surface area (Å²) >= 11 is 0. The van der Waals surface area contributed by atoms with Crippen LogP contribution in [0.3, 0.4) is 0 Å². The zero-order valence-corrected chi connectivity index (χ0v) is 34.9. The Morgan fingerprint density at radius 3 is 1.97 bits per heavy atom. The van der Waals surface area contributed by atoms with Gasteiger partial charge >= 0.3 is 11.2 Å². The number of fused-ring (bicyclic) bond motifs is 5. The fraction of sp³-hybridized carbons (Fsp3) is 0.500. The smallest absolute Gasteiger partial charge is 0.367 e. The van der Waals surface area contributed by atoms with Gasteiger partial charge in [0, 0.05) is 79.8 Å². The molecule has 0 bridgehead atoms. The van der Waals surface area contributed by atoms with Crippen molar-refractivity contribution < 1.29 is 63.2 Å². The second-order valence-corrected chi connectivity index (χ2v) is 20.6. The normalized spacial score (nSPS) is 28.2. The first-order chi connectivity index (χ1) is 28.0. The lowest BCUT2D eigenvalue weighted by Gasteiger charge is -2.58. The lowest BCUT2D eigenvalue weighted by Crippen LogP contribution is -2.60. The molecule has 3 aromatic carbocycles. The molecule has 60 heavy (non-hydrogen) atoms. The van der Waals surface area contributed by atoms with Gasteiger partial charge in [-0.15, -0.1) is 0 Å². The van der Waals surface area contributed by atoms with Crippen LogP contribution < -0.4 is 0 Å². The number of esters is 1. The van der Waals surface area contributed by atoms with E-state index < -0.39 is 67.5 Å². The summed E-state index contributed by atoms with van der Waals surface area (Å²) < 4.78 is 117. The van der Waals surface area contributed by atoms with Crippen LogP contribution in [-0.4, -0.2) is 48.2 Å². The number of carbonyl (C=O) groups is 4. The summed E-state index contributed by atoms with van der Waals surface area (Å²) in [5.41, 5.74) is -0.950. The largest absolute Gasteiger partial charge is 0.743 e. The average Bonchev–Trinajstić information content (AvgIpc) is 3.52. The van der Waals surface area contributed by atoms with Crippen molar-refractivity contribution in [2.24, 2.45) is 46.3 Å². The molecule has 4 saturated carbocycles. The molecule has 0 heterocycles. The number of benzene rings is 3. The molecule has 324 valence electrons. The van der Waals surface area contributed by atoms with Crippen LogP contribution in [0.5, 0.6) is 0 Å². The number of halogens is 6. The molecule has 4 aliphatic rings. The molecule has 3 aromatic rings. The van der Waals surface area contributed by atoms with E-state index in [2.05, 4.69) is 11.7 Å². The molecule has 4 fully saturated rings. The molecule has 0 aliphatic heterocycles. The molecule has 7 rings (SSSR count). The van der Waals surface area contributed by atoms with Crippen LogP contribution >= 0.6 is 0 Å². The zero-order valence-electron chi connectivity index (χ0n) is 33.2. The van der Waals surface area contributed by atoms with Crippen molar-refractivity contribution in [3.8, 4) is 0 Å². The first-order valence-electron chi connectivity index (χ1n) is 19.8. The zero-order chi connectivity index (χ0) is 43.9. The summed E-state index contributed by atoms with van der Waals surface area (Å²) in [5.74, 6) is -4.19. The number of alkyl halides is 2. The molecule has 4 aliphatic carbocycles. The maximum atomic E-state index is 13.8. The minimum Gasteiger partial charge on any atom is -0.743 e. The number of rotatable bonds is 10. The van der Waals surface area contributed by atoms with E-state index in [1.54, 1.807) is 30.3 Å². The van der Waals surface area contributed by atoms with Gasteiger partial charge < -0.3 is 9.29 Å². The Labute approximate surface area is 347 Å². The third kappa shape index (κ3) is 9.11. The van der Waals surface area contributed by atoms with E-state index >= 15 is 0 Å². The van der Waals surface area contributed by atoms with Gasteiger partial charge in [0.2, 0.25) is 0 Å². The third-order valence-corrected chi connectivity index (χ3v) is 16.6. The van der Waals surface area contributed by atoms with Gasteiger partial charge in [-0.25, -0.2) is 26.0 Å². The van der Waals surface area contributed by atoms with Gasteiger partial charge in [0.05, 0.1) is 10.9 Å². The van der Waals surface area contributed by atoms with Gasteiger partial charge in [0.25, 0.3) is 0 Å². The van der Waals surface area contributed by atoms with E-state index in [1.165, 1.54) is 24.3 Å². The summed E-state index contributed by atoms with van der Waals surface area (Å²) in [5, 5.41) is -4.70. The van der Waals surface area contributed by atoms with Crippen molar-refractivity contribution in [3.05, 3.63) is 90.0 Å².